The molecule has 0 unspecified atom stereocenters. The van der Waals surface area contributed by atoms with Crippen LogP contribution in [0.15, 0.2) is 30.3 Å². The molecule has 24 heavy (non-hydrogen) atoms. The molecule has 5 nitrogen and oxygen atoms in total. The van der Waals surface area contributed by atoms with Gasteiger partial charge in [0.1, 0.15) is 5.78 Å². The summed E-state index contributed by atoms with van der Waals surface area (Å²) in [5, 5.41) is 0. The van der Waals surface area contributed by atoms with Gasteiger partial charge in [0, 0.05) is 5.92 Å². The highest BCUT2D eigenvalue weighted by Gasteiger charge is 2.78. The summed E-state index contributed by atoms with van der Waals surface area (Å²) in [7, 11) is 0. The monoisotopic (exact) mass is 332 g/mol. The third-order valence-electron chi connectivity index (χ3n) is 4.16. The molecule has 2 rings (SSSR count). The van der Waals surface area contributed by atoms with E-state index in [9.17, 15) is 14.4 Å². The number of ether oxygens (including phenoxy) is 2. The van der Waals surface area contributed by atoms with Gasteiger partial charge in [-0.3, -0.25) is 14.4 Å². The van der Waals surface area contributed by atoms with Crippen LogP contribution >= 0.6 is 0 Å². The number of benzene rings is 1. The van der Waals surface area contributed by atoms with E-state index in [1.165, 1.54) is 6.92 Å². The summed E-state index contributed by atoms with van der Waals surface area (Å²) in [5.74, 6) is -2.88. The van der Waals surface area contributed by atoms with Crippen molar-refractivity contribution in [3.63, 3.8) is 0 Å². The van der Waals surface area contributed by atoms with Gasteiger partial charge in [-0.05, 0) is 40.2 Å². The van der Waals surface area contributed by atoms with Crippen molar-refractivity contribution in [2.75, 3.05) is 0 Å². The van der Waals surface area contributed by atoms with Crippen LogP contribution in [0.3, 0.4) is 0 Å². The number of Topliss-reactive ketones (excluding diaryl/α,β-unsaturated/α-hetero) is 1. The number of hydrogen-bond donors (Lipinski definition) is 0. The molecule has 0 spiro atoms. The maximum atomic E-state index is 12.8. The van der Waals surface area contributed by atoms with Gasteiger partial charge in [-0.15, -0.1) is 0 Å². The van der Waals surface area contributed by atoms with Crippen molar-refractivity contribution < 1.29 is 23.9 Å². The summed E-state index contributed by atoms with van der Waals surface area (Å²) in [4.78, 5) is 37.7. The van der Waals surface area contributed by atoms with E-state index in [4.69, 9.17) is 9.47 Å². The van der Waals surface area contributed by atoms with E-state index in [2.05, 4.69) is 0 Å². The van der Waals surface area contributed by atoms with Crippen LogP contribution in [-0.2, 0) is 23.9 Å². The Morgan fingerprint density at radius 2 is 1.38 bits per heavy atom. The molecule has 1 saturated carbocycles. The second-order valence-corrected chi connectivity index (χ2v) is 6.75. The van der Waals surface area contributed by atoms with E-state index >= 15 is 0 Å². The number of esters is 2. The van der Waals surface area contributed by atoms with Gasteiger partial charge in [0.2, 0.25) is 0 Å². The second-order valence-electron chi connectivity index (χ2n) is 6.75. The van der Waals surface area contributed by atoms with Crippen LogP contribution in [-0.4, -0.2) is 29.9 Å². The van der Waals surface area contributed by atoms with Crippen molar-refractivity contribution in [3.05, 3.63) is 35.9 Å². The van der Waals surface area contributed by atoms with E-state index < -0.39 is 29.2 Å². The predicted molar refractivity (Wildman–Crippen MR) is 88.2 cm³/mol. The van der Waals surface area contributed by atoms with Gasteiger partial charge in [-0.1, -0.05) is 30.3 Å². The van der Waals surface area contributed by atoms with Crippen molar-refractivity contribution in [2.24, 2.45) is 11.3 Å². The fourth-order valence-electron chi connectivity index (χ4n) is 3.27. The number of carbonyl (C=O) groups is 3. The molecule has 0 heterocycles. The topological polar surface area (TPSA) is 69.7 Å². The number of rotatable bonds is 6. The van der Waals surface area contributed by atoms with Crippen molar-refractivity contribution in [2.45, 2.75) is 52.7 Å². The summed E-state index contributed by atoms with van der Waals surface area (Å²) in [6.45, 7) is 8.24. The smallest absolute Gasteiger partial charge is 0.325 e. The molecule has 5 heteroatoms. The number of carbonyl (C=O) groups excluding carboxylic acids is 3. The molecule has 1 aliphatic rings. The molecule has 0 aromatic heterocycles. The van der Waals surface area contributed by atoms with Gasteiger partial charge in [0.25, 0.3) is 0 Å². The van der Waals surface area contributed by atoms with Crippen molar-refractivity contribution in [1.29, 1.82) is 0 Å². The van der Waals surface area contributed by atoms with Gasteiger partial charge in [-0.25, -0.2) is 0 Å². The standard InChI is InChI=1S/C19H24O5/c1-11(2)23-17(21)19(18(22)24-12(3)4)15(13(5)20)16(19)14-9-7-6-8-10-14/h6-12,15-16H,1-5H3/t15-,16+/m1/s1. The quantitative estimate of drug-likeness (QED) is 0.592. The third kappa shape index (κ3) is 3.07. The van der Waals surface area contributed by atoms with Crippen LogP contribution in [0.2, 0.25) is 0 Å². The molecule has 0 amide bonds. The first-order valence-electron chi connectivity index (χ1n) is 8.20. The Kier molecular flexibility index (Phi) is 5.11. The minimum atomic E-state index is -1.58. The van der Waals surface area contributed by atoms with Gasteiger partial charge in [0.05, 0.1) is 18.1 Å². The third-order valence-corrected chi connectivity index (χ3v) is 4.16. The Hall–Kier alpha value is -2.17. The van der Waals surface area contributed by atoms with E-state index in [0.717, 1.165) is 5.56 Å². The predicted octanol–water partition coefficient (Wildman–Crippen LogP) is 2.88. The zero-order valence-corrected chi connectivity index (χ0v) is 14.7. The molecule has 0 aliphatic heterocycles. The normalized spacial score (nSPS) is 21.5. The lowest BCUT2D eigenvalue weighted by molar-refractivity contribution is -0.170. The fraction of sp³-hybridized carbons (Fsp3) is 0.526. The molecule has 1 aromatic rings. The summed E-state index contributed by atoms with van der Waals surface area (Å²) in [6.07, 6.45) is -0.767. The Balaban J connectivity index is 2.50. The van der Waals surface area contributed by atoms with Crippen LogP contribution < -0.4 is 0 Å². The maximum absolute atomic E-state index is 12.8. The van der Waals surface area contributed by atoms with Crippen molar-refractivity contribution in [3.8, 4) is 0 Å². The highest BCUT2D eigenvalue weighted by molar-refractivity contribution is 6.12. The first-order chi connectivity index (χ1) is 11.2. The summed E-state index contributed by atoms with van der Waals surface area (Å²) in [6, 6.07) is 9.10. The molecule has 130 valence electrons. The van der Waals surface area contributed by atoms with Crippen molar-refractivity contribution >= 4 is 17.7 Å². The average molecular weight is 332 g/mol. The summed E-state index contributed by atoms with van der Waals surface area (Å²) < 4.78 is 10.6. The highest BCUT2D eigenvalue weighted by Crippen LogP contribution is 2.66. The minimum Gasteiger partial charge on any atom is -0.462 e. The molecule has 1 aliphatic carbocycles. The van der Waals surface area contributed by atoms with Gasteiger partial charge < -0.3 is 9.47 Å². The molecule has 0 saturated heterocycles. The first-order valence-corrected chi connectivity index (χ1v) is 8.20. The average Bonchev–Trinajstić information content (AvgIpc) is 3.18. The van der Waals surface area contributed by atoms with Gasteiger partial charge >= 0.3 is 11.9 Å². The summed E-state index contributed by atoms with van der Waals surface area (Å²) in [5.41, 5.74) is -0.819. The minimum absolute atomic E-state index is 0.217. The van der Waals surface area contributed by atoms with Crippen LogP contribution in [0.4, 0.5) is 0 Å². The molecular weight excluding hydrogens is 308 g/mol. The van der Waals surface area contributed by atoms with E-state index in [1.54, 1.807) is 27.7 Å². The second kappa shape index (κ2) is 6.75. The van der Waals surface area contributed by atoms with E-state index in [0.29, 0.717) is 0 Å². The van der Waals surface area contributed by atoms with Crippen molar-refractivity contribution in [1.82, 2.24) is 0 Å². The highest BCUT2D eigenvalue weighted by atomic mass is 16.6. The zero-order valence-electron chi connectivity index (χ0n) is 14.7. The molecule has 0 N–H and O–H groups in total. The maximum Gasteiger partial charge on any atom is 0.325 e. The molecule has 1 fully saturated rings. The van der Waals surface area contributed by atoms with E-state index in [-0.39, 0.29) is 18.0 Å². The van der Waals surface area contributed by atoms with Crippen LogP contribution in [0.25, 0.3) is 0 Å². The molecule has 0 bridgehead atoms. The summed E-state index contributed by atoms with van der Waals surface area (Å²) >= 11 is 0. The molecule has 2 atom stereocenters. The van der Waals surface area contributed by atoms with Gasteiger partial charge in [-0.2, -0.15) is 0 Å². The Labute approximate surface area is 142 Å². The Bertz CT molecular complexity index is 610. The fourth-order valence-corrected chi connectivity index (χ4v) is 3.27. The Morgan fingerprint density at radius 3 is 1.75 bits per heavy atom. The molecular formula is C19H24O5. The lowest BCUT2D eigenvalue weighted by atomic mass is 9.98. The molecule has 0 radical (unpaired) electrons. The molecule has 1 aromatic carbocycles. The largest absolute Gasteiger partial charge is 0.462 e. The zero-order chi connectivity index (χ0) is 18.1. The van der Waals surface area contributed by atoms with Crippen LogP contribution in [0.5, 0.6) is 0 Å². The van der Waals surface area contributed by atoms with E-state index in [1.807, 2.05) is 30.3 Å². The lowest BCUT2D eigenvalue weighted by Crippen LogP contribution is -2.36. The SMILES string of the molecule is CC(=O)[C@@H]1[C@H](c2ccccc2)C1(C(=O)OC(C)C)C(=O)OC(C)C. The van der Waals surface area contributed by atoms with Crippen LogP contribution in [0.1, 0.15) is 46.1 Å². The number of ketones is 1. The van der Waals surface area contributed by atoms with Gasteiger partial charge in [0.15, 0.2) is 5.41 Å². The Morgan fingerprint density at radius 1 is 0.917 bits per heavy atom. The number of hydrogen-bond acceptors (Lipinski definition) is 5. The van der Waals surface area contributed by atoms with Crippen LogP contribution in [0, 0.1) is 11.3 Å². The first kappa shape index (κ1) is 18.2. The lowest BCUT2D eigenvalue weighted by Gasteiger charge is -2.19.